The quantitative estimate of drug-likeness (QED) is 0.520. The Kier molecular flexibility index (Phi) is 6.76. The van der Waals surface area contributed by atoms with Crippen molar-refractivity contribution < 1.29 is 33.3 Å². The molecule has 35 heavy (non-hydrogen) atoms. The molecule has 4 atom stereocenters. The van der Waals surface area contributed by atoms with Crippen molar-refractivity contribution in [2.75, 3.05) is 33.2 Å². The van der Waals surface area contributed by atoms with Gasteiger partial charge in [0.1, 0.15) is 5.76 Å². The predicted molar refractivity (Wildman–Crippen MR) is 131 cm³/mol. The Morgan fingerprint density at radius 3 is 2.71 bits per heavy atom. The number of nitrogens with zero attached hydrogens (tertiary/aromatic N) is 1. The Bertz CT molecular complexity index is 1040. The van der Waals surface area contributed by atoms with Crippen molar-refractivity contribution >= 4 is 22.8 Å². The second-order valence-electron chi connectivity index (χ2n) is 9.78. The van der Waals surface area contributed by atoms with Crippen LogP contribution in [-0.2, 0) is 30.2 Å². The van der Waals surface area contributed by atoms with Gasteiger partial charge in [0.15, 0.2) is 28.8 Å². The van der Waals surface area contributed by atoms with Crippen LogP contribution in [0, 0.1) is 0 Å². The number of thioether (sulfide) groups is 1. The van der Waals surface area contributed by atoms with E-state index >= 15 is 0 Å². The maximum Gasteiger partial charge on any atom is 0.336 e. The molecule has 3 unspecified atom stereocenters. The molecule has 1 fully saturated rings. The van der Waals surface area contributed by atoms with Crippen LogP contribution >= 0.6 is 11.8 Å². The molecule has 0 amide bonds. The SMILES string of the molecule is COC1=CC23CCCN2CCc2cc4c(cc2[C@@H]3C1OC(=O)C(CC(=O)SC)OC(C)C)OCO4. The molecule has 0 N–H and O–H groups in total. The van der Waals surface area contributed by atoms with E-state index in [1.807, 2.05) is 13.8 Å². The molecule has 3 heterocycles. The minimum atomic E-state index is -0.966. The highest BCUT2D eigenvalue weighted by molar-refractivity contribution is 8.13. The molecule has 5 rings (SSSR count). The number of carbonyl (C=O) groups is 2. The van der Waals surface area contributed by atoms with E-state index in [9.17, 15) is 9.59 Å². The molecule has 1 aromatic rings. The Labute approximate surface area is 210 Å². The van der Waals surface area contributed by atoms with Gasteiger partial charge in [-0.15, -0.1) is 0 Å². The first-order valence-electron chi connectivity index (χ1n) is 12.2. The van der Waals surface area contributed by atoms with Gasteiger partial charge in [-0.1, -0.05) is 11.8 Å². The van der Waals surface area contributed by atoms with Crippen molar-refractivity contribution in [3.63, 3.8) is 0 Å². The first-order chi connectivity index (χ1) is 16.9. The van der Waals surface area contributed by atoms with E-state index in [2.05, 4.69) is 23.1 Å². The van der Waals surface area contributed by atoms with E-state index in [4.69, 9.17) is 23.7 Å². The molecule has 0 radical (unpaired) electrons. The fourth-order valence-electron chi connectivity index (χ4n) is 6.05. The fraction of sp³-hybridized carbons (Fsp3) is 0.615. The zero-order valence-corrected chi connectivity index (χ0v) is 21.5. The Morgan fingerprint density at radius 2 is 2.00 bits per heavy atom. The summed E-state index contributed by atoms with van der Waals surface area (Å²) in [6, 6.07) is 4.12. The molecule has 9 heteroatoms. The van der Waals surface area contributed by atoms with Crippen molar-refractivity contribution in [1.82, 2.24) is 4.90 Å². The molecule has 4 aliphatic rings. The summed E-state index contributed by atoms with van der Waals surface area (Å²) in [5.41, 5.74) is 1.97. The Balaban J connectivity index is 1.53. The van der Waals surface area contributed by atoms with E-state index < -0.39 is 18.2 Å². The number of benzene rings is 1. The van der Waals surface area contributed by atoms with Gasteiger partial charge in [0, 0.05) is 6.54 Å². The van der Waals surface area contributed by atoms with Crippen molar-refractivity contribution in [2.24, 2.45) is 0 Å². The molecule has 190 valence electrons. The van der Waals surface area contributed by atoms with Gasteiger partial charge < -0.3 is 23.7 Å². The molecule has 8 nitrogen and oxygen atoms in total. The Morgan fingerprint density at radius 1 is 1.23 bits per heavy atom. The highest BCUT2D eigenvalue weighted by Crippen LogP contribution is 2.55. The molecule has 1 spiro atoms. The number of fused-ring (bicyclic) bond motifs is 3. The van der Waals surface area contributed by atoms with Gasteiger partial charge >= 0.3 is 5.97 Å². The van der Waals surface area contributed by atoms with E-state index in [-0.39, 0.29) is 35.9 Å². The third-order valence-electron chi connectivity index (χ3n) is 7.49. The third kappa shape index (κ3) is 4.32. The number of hydrogen-bond donors (Lipinski definition) is 0. The lowest BCUT2D eigenvalue weighted by molar-refractivity contribution is -0.167. The highest BCUT2D eigenvalue weighted by Gasteiger charge is 2.58. The number of esters is 1. The van der Waals surface area contributed by atoms with Crippen LogP contribution in [0.3, 0.4) is 0 Å². The predicted octanol–water partition coefficient (Wildman–Crippen LogP) is 3.42. The summed E-state index contributed by atoms with van der Waals surface area (Å²) in [7, 11) is 1.62. The molecule has 1 aliphatic carbocycles. The van der Waals surface area contributed by atoms with Gasteiger partial charge in [-0.25, -0.2) is 4.79 Å². The van der Waals surface area contributed by atoms with E-state index in [0.29, 0.717) is 11.5 Å². The third-order valence-corrected chi connectivity index (χ3v) is 8.11. The van der Waals surface area contributed by atoms with Gasteiger partial charge in [0.2, 0.25) is 6.79 Å². The normalized spacial score (nSPS) is 27.5. The summed E-state index contributed by atoms with van der Waals surface area (Å²) in [6.07, 6.45) is 4.89. The molecule has 1 aromatic carbocycles. The van der Waals surface area contributed by atoms with Crippen LogP contribution in [0.2, 0.25) is 0 Å². The maximum atomic E-state index is 13.4. The first kappa shape index (κ1) is 24.5. The molecule has 1 saturated heterocycles. The monoisotopic (exact) mass is 503 g/mol. The van der Waals surface area contributed by atoms with Crippen molar-refractivity contribution in [3.8, 4) is 11.5 Å². The number of hydrogen-bond acceptors (Lipinski definition) is 9. The molecular formula is C26H33NO7S. The number of carbonyl (C=O) groups excluding carboxylic acids is 2. The minimum absolute atomic E-state index is 0.0336. The lowest BCUT2D eigenvalue weighted by Crippen LogP contribution is -2.48. The zero-order valence-electron chi connectivity index (χ0n) is 20.7. The molecule has 0 aromatic heterocycles. The summed E-state index contributed by atoms with van der Waals surface area (Å²) >= 11 is 1.08. The van der Waals surface area contributed by atoms with Gasteiger partial charge in [0.25, 0.3) is 0 Å². The van der Waals surface area contributed by atoms with Gasteiger partial charge in [-0.05, 0) is 75.2 Å². The average Bonchev–Trinajstić information content (AvgIpc) is 3.51. The van der Waals surface area contributed by atoms with E-state index in [1.54, 1.807) is 13.4 Å². The van der Waals surface area contributed by atoms with Crippen molar-refractivity contribution in [2.45, 2.75) is 69.3 Å². The standard InChI is InChI=1S/C26H33NO7S/c1-15(2)33-20(12-22(28)35-4)25(29)34-24-21(30-3)13-26-7-5-8-27(26)9-6-16-10-18-19(32-14-31-18)11-17(16)23(24)26/h10-11,13,15,20,23-24H,5-9,12,14H2,1-4H3/t20?,23-,24?,26?/m1/s1. The number of methoxy groups -OCH3 is 1. The van der Waals surface area contributed by atoms with Crippen LogP contribution in [0.4, 0.5) is 0 Å². The largest absolute Gasteiger partial charge is 0.497 e. The van der Waals surface area contributed by atoms with Gasteiger partial charge in [0.05, 0.1) is 31.1 Å². The zero-order chi connectivity index (χ0) is 24.7. The molecular weight excluding hydrogens is 470 g/mol. The second kappa shape index (κ2) is 9.67. The number of rotatable bonds is 7. The van der Waals surface area contributed by atoms with Crippen LogP contribution < -0.4 is 9.47 Å². The van der Waals surface area contributed by atoms with E-state index in [0.717, 1.165) is 55.4 Å². The van der Waals surface area contributed by atoms with Crippen LogP contribution in [0.5, 0.6) is 11.5 Å². The van der Waals surface area contributed by atoms with Crippen LogP contribution in [-0.4, -0.2) is 73.1 Å². The molecule has 3 aliphatic heterocycles. The van der Waals surface area contributed by atoms with Crippen LogP contribution in [0.1, 0.15) is 50.2 Å². The van der Waals surface area contributed by atoms with Crippen LogP contribution in [0.15, 0.2) is 24.0 Å². The Hall–Kier alpha value is -2.23. The summed E-state index contributed by atoms with van der Waals surface area (Å²) < 4.78 is 29.2. The summed E-state index contributed by atoms with van der Waals surface area (Å²) in [6.45, 7) is 5.77. The topological polar surface area (TPSA) is 83.5 Å². The van der Waals surface area contributed by atoms with Gasteiger partial charge in [-0.3, -0.25) is 9.69 Å². The summed E-state index contributed by atoms with van der Waals surface area (Å²) in [4.78, 5) is 28.1. The summed E-state index contributed by atoms with van der Waals surface area (Å²) in [5, 5.41) is -0.118. The molecule has 0 bridgehead atoms. The maximum absolute atomic E-state index is 13.4. The average molecular weight is 504 g/mol. The van der Waals surface area contributed by atoms with E-state index in [1.165, 1.54) is 5.56 Å². The van der Waals surface area contributed by atoms with Crippen molar-refractivity contribution in [1.29, 1.82) is 0 Å². The lowest BCUT2D eigenvalue weighted by Gasteiger charge is -2.39. The second-order valence-corrected chi connectivity index (χ2v) is 10.6. The molecule has 0 saturated carbocycles. The summed E-state index contributed by atoms with van der Waals surface area (Å²) in [5.74, 6) is 1.41. The smallest absolute Gasteiger partial charge is 0.336 e. The van der Waals surface area contributed by atoms with Crippen molar-refractivity contribution in [3.05, 3.63) is 35.1 Å². The number of ether oxygens (including phenoxy) is 5. The van der Waals surface area contributed by atoms with Gasteiger partial charge in [-0.2, -0.15) is 0 Å². The lowest BCUT2D eigenvalue weighted by atomic mass is 9.77. The van der Waals surface area contributed by atoms with Crippen LogP contribution in [0.25, 0.3) is 0 Å². The minimum Gasteiger partial charge on any atom is -0.497 e. The first-order valence-corrected chi connectivity index (χ1v) is 13.5. The fourth-order valence-corrected chi connectivity index (χ4v) is 6.36. The highest BCUT2D eigenvalue weighted by atomic mass is 32.2.